The highest BCUT2D eigenvalue weighted by Gasteiger charge is 2.28. The zero-order valence-corrected chi connectivity index (χ0v) is 15.0. The Morgan fingerprint density at radius 2 is 1.71 bits per heavy atom. The van der Waals surface area contributed by atoms with Gasteiger partial charge in [0.05, 0.1) is 0 Å². The van der Waals surface area contributed by atoms with E-state index in [1.807, 2.05) is 49.1 Å². The first-order valence-electron chi connectivity index (χ1n) is 8.76. The van der Waals surface area contributed by atoms with Crippen molar-refractivity contribution in [2.75, 3.05) is 33.2 Å². The molecule has 1 aromatic rings. The summed E-state index contributed by atoms with van der Waals surface area (Å²) in [5.41, 5.74) is 1.06. The van der Waals surface area contributed by atoms with Gasteiger partial charge in [-0.1, -0.05) is 44.2 Å². The van der Waals surface area contributed by atoms with E-state index in [9.17, 15) is 9.59 Å². The van der Waals surface area contributed by atoms with Gasteiger partial charge in [0.1, 0.15) is 6.04 Å². The van der Waals surface area contributed by atoms with Crippen LogP contribution in [0.15, 0.2) is 30.3 Å². The van der Waals surface area contributed by atoms with Crippen molar-refractivity contribution in [2.24, 2.45) is 5.92 Å². The molecule has 1 aromatic carbocycles. The average molecular weight is 331 g/mol. The molecular formula is C19H29N3O2. The molecule has 5 nitrogen and oxygen atoms in total. The van der Waals surface area contributed by atoms with Gasteiger partial charge in [-0.2, -0.15) is 0 Å². The molecule has 132 valence electrons. The third kappa shape index (κ3) is 5.64. The Hall–Kier alpha value is -1.88. The number of carbonyl (C=O) groups is 2. The molecule has 1 unspecified atom stereocenters. The van der Waals surface area contributed by atoms with Crippen LogP contribution >= 0.6 is 0 Å². The number of rotatable bonds is 6. The summed E-state index contributed by atoms with van der Waals surface area (Å²) in [6.45, 7) is 7.22. The van der Waals surface area contributed by atoms with Gasteiger partial charge in [0.15, 0.2) is 0 Å². The molecule has 1 aliphatic heterocycles. The van der Waals surface area contributed by atoms with Gasteiger partial charge < -0.3 is 15.1 Å². The second-order valence-corrected chi connectivity index (χ2v) is 7.04. The largest absolute Gasteiger partial charge is 0.344 e. The van der Waals surface area contributed by atoms with Gasteiger partial charge in [-0.25, -0.2) is 0 Å². The number of nitrogens with zero attached hydrogens (tertiary/aromatic N) is 2. The van der Waals surface area contributed by atoms with Crippen LogP contribution in [0.2, 0.25) is 0 Å². The Labute approximate surface area is 145 Å². The Bertz CT molecular complexity index is 537. The maximum Gasteiger partial charge on any atom is 0.245 e. The summed E-state index contributed by atoms with van der Waals surface area (Å²) in [6, 6.07) is 9.39. The van der Waals surface area contributed by atoms with Crippen molar-refractivity contribution in [3.63, 3.8) is 0 Å². The summed E-state index contributed by atoms with van der Waals surface area (Å²) < 4.78 is 0. The van der Waals surface area contributed by atoms with Gasteiger partial charge >= 0.3 is 0 Å². The minimum absolute atomic E-state index is 0.0315. The molecule has 0 radical (unpaired) electrons. The fraction of sp³-hybridized carbons (Fsp3) is 0.579. The highest BCUT2D eigenvalue weighted by atomic mass is 16.2. The molecule has 2 rings (SSSR count). The van der Waals surface area contributed by atoms with Gasteiger partial charge in [0.25, 0.3) is 0 Å². The average Bonchev–Trinajstić information content (AvgIpc) is 2.54. The quantitative estimate of drug-likeness (QED) is 0.860. The molecule has 24 heavy (non-hydrogen) atoms. The number of carbonyl (C=O) groups excluding carboxylic acids is 2. The molecule has 5 heteroatoms. The van der Waals surface area contributed by atoms with E-state index in [4.69, 9.17) is 0 Å². The van der Waals surface area contributed by atoms with Crippen molar-refractivity contribution in [2.45, 2.75) is 32.7 Å². The lowest BCUT2D eigenvalue weighted by molar-refractivity contribution is -0.138. The third-order valence-electron chi connectivity index (χ3n) is 4.32. The Morgan fingerprint density at radius 1 is 1.08 bits per heavy atom. The summed E-state index contributed by atoms with van der Waals surface area (Å²) >= 11 is 0. The molecule has 0 saturated carbocycles. The van der Waals surface area contributed by atoms with Gasteiger partial charge in [-0.3, -0.25) is 9.59 Å². The topological polar surface area (TPSA) is 52.7 Å². The van der Waals surface area contributed by atoms with E-state index in [1.54, 1.807) is 0 Å². The lowest BCUT2D eigenvalue weighted by atomic mass is 10.0. The van der Waals surface area contributed by atoms with Crippen molar-refractivity contribution in [3.05, 3.63) is 35.9 Å². The molecule has 1 aliphatic rings. The number of piperazine rings is 1. The fourth-order valence-corrected chi connectivity index (χ4v) is 2.92. The molecule has 1 N–H and O–H groups in total. The van der Waals surface area contributed by atoms with E-state index in [0.29, 0.717) is 12.8 Å². The SMILES string of the molecule is CC(C)CC(=O)NC(Cc1ccccc1)C(=O)N1CCN(C)CC1. The standard InChI is InChI=1S/C19H29N3O2/c1-15(2)13-18(23)20-17(14-16-7-5-4-6-8-16)19(24)22-11-9-21(3)10-12-22/h4-8,15,17H,9-14H2,1-3H3,(H,20,23). The van der Waals surface area contributed by atoms with Crippen LogP contribution in [-0.4, -0.2) is 60.9 Å². The highest BCUT2D eigenvalue weighted by molar-refractivity contribution is 5.88. The summed E-state index contributed by atoms with van der Waals surface area (Å²) in [6.07, 6.45) is 0.983. The molecule has 1 atom stereocenters. The second kappa shape index (κ2) is 8.83. The van der Waals surface area contributed by atoms with Crippen LogP contribution < -0.4 is 5.32 Å². The number of amides is 2. The molecule has 1 fully saturated rings. The van der Waals surface area contributed by atoms with Crippen molar-refractivity contribution < 1.29 is 9.59 Å². The summed E-state index contributed by atoms with van der Waals surface area (Å²) in [5, 5.41) is 2.96. The predicted octanol–water partition coefficient (Wildman–Crippen LogP) is 1.53. The van der Waals surface area contributed by atoms with Crippen LogP contribution in [0.4, 0.5) is 0 Å². The molecule has 1 saturated heterocycles. The molecular weight excluding hydrogens is 302 g/mol. The van der Waals surface area contributed by atoms with Crippen molar-refractivity contribution in [1.29, 1.82) is 0 Å². The van der Waals surface area contributed by atoms with E-state index in [1.165, 1.54) is 0 Å². The van der Waals surface area contributed by atoms with Crippen LogP contribution in [0.5, 0.6) is 0 Å². The van der Waals surface area contributed by atoms with Gasteiger partial charge in [0, 0.05) is 39.0 Å². The van der Waals surface area contributed by atoms with Gasteiger partial charge in [-0.15, -0.1) is 0 Å². The Kier molecular flexibility index (Phi) is 6.79. The normalized spacial score (nSPS) is 16.9. The first-order valence-corrected chi connectivity index (χ1v) is 8.76. The monoisotopic (exact) mass is 331 g/mol. The van der Waals surface area contributed by atoms with E-state index in [0.717, 1.165) is 31.7 Å². The molecule has 0 spiro atoms. The zero-order chi connectivity index (χ0) is 17.5. The van der Waals surface area contributed by atoms with E-state index in [-0.39, 0.29) is 17.7 Å². The van der Waals surface area contributed by atoms with E-state index < -0.39 is 6.04 Å². The zero-order valence-electron chi connectivity index (χ0n) is 15.0. The van der Waals surface area contributed by atoms with E-state index >= 15 is 0 Å². The lowest BCUT2D eigenvalue weighted by Gasteiger charge is -2.35. The van der Waals surface area contributed by atoms with Crippen LogP contribution in [0.1, 0.15) is 25.8 Å². The molecule has 0 bridgehead atoms. The predicted molar refractivity (Wildman–Crippen MR) is 95.6 cm³/mol. The third-order valence-corrected chi connectivity index (χ3v) is 4.32. The molecule has 0 aromatic heterocycles. The van der Waals surface area contributed by atoms with Crippen molar-refractivity contribution >= 4 is 11.8 Å². The van der Waals surface area contributed by atoms with Crippen LogP contribution in [0, 0.1) is 5.92 Å². The van der Waals surface area contributed by atoms with Gasteiger partial charge in [0.2, 0.25) is 11.8 Å². The first-order chi connectivity index (χ1) is 11.5. The molecule has 2 amide bonds. The first kappa shape index (κ1) is 18.5. The minimum atomic E-state index is -0.484. The Balaban J connectivity index is 2.06. The summed E-state index contributed by atoms with van der Waals surface area (Å²) in [4.78, 5) is 29.2. The molecule has 1 heterocycles. The van der Waals surface area contributed by atoms with Crippen LogP contribution in [0.25, 0.3) is 0 Å². The van der Waals surface area contributed by atoms with Crippen molar-refractivity contribution in [3.8, 4) is 0 Å². The number of benzene rings is 1. The number of likely N-dealkylation sites (N-methyl/N-ethyl adjacent to an activating group) is 1. The number of hydrogen-bond donors (Lipinski definition) is 1. The van der Waals surface area contributed by atoms with Crippen LogP contribution in [-0.2, 0) is 16.0 Å². The maximum absolute atomic E-state index is 12.9. The Morgan fingerprint density at radius 3 is 2.29 bits per heavy atom. The van der Waals surface area contributed by atoms with Gasteiger partial charge in [-0.05, 0) is 18.5 Å². The highest BCUT2D eigenvalue weighted by Crippen LogP contribution is 2.09. The maximum atomic E-state index is 12.9. The number of hydrogen-bond acceptors (Lipinski definition) is 3. The molecule has 0 aliphatic carbocycles. The fourth-order valence-electron chi connectivity index (χ4n) is 2.92. The number of nitrogens with one attached hydrogen (secondary N) is 1. The summed E-state index contributed by atoms with van der Waals surface area (Å²) in [7, 11) is 2.06. The smallest absolute Gasteiger partial charge is 0.245 e. The minimum Gasteiger partial charge on any atom is -0.344 e. The van der Waals surface area contributed by atoms with E-state index in [2.05, 4.69) is 17.3 Å². The van der Waals surface area contributed by atoms with Crippen LogP contribution in [0.3, 0.4) is 0 Å². The van der Waals surface area contributed by atoms with Crippen molar-refractivity contribution in [1.82, 2.24) is 15.1 Å². The summed E-state index contributed by atoms with van der Waals surface area (Å²) in [5.74, 6) is 0.263. The lowest BCUT2D eigenvalue weighted by Crippen LogP contribution is -2.55. The second-order valence-electron chi connectivity index (χ2n) is 7.04.